The third-order valence-corrected chi connectivity index (χ3v) is 3.51. The highest BCUT2D eigenvalue weighted by Gasteiger charge is 2.16. The van der Waals surface area contributed by atoms with Crippen LogP contribution in [-0.4, -0.2) is 12.6 Å². The van der Waals surface area contributed by atoms with E-state index < -0.39 is 0 Å². The summed E-state index contributed by atoms with van der Waals surface area (Å²) in [6.45, 7) is 2.47. The number of esters is 1. The minimum atomic E-state index is -0.254. The Morgan fingerprint density at radius 2 is 2.00 bits per heavy atom. The number of nitrogens with two attached hydrogens (primary N) is 1. The van der Waals surface area contributed by atoms with Crippen molar-refractivity contribution in [3.63, 3.8) is 0 Å². The number of carbonyl (C=O) groups is 1. The van der Waals surface area contributed by atoms with Crippen LogP contribution in [0.3, 0.4) is 0 Å². The van der Waals surface area contributed by atoms with Crippen LogP contribution in [0.25, 0.3) is 0 Å². The van der Waals surface area contributed by atoms with Crippen LogP contribution in [0, 0.1) is 12.8 Å². The van der Waals surface area contributed by atoms with Crippen LogP contribution in [0.2, 0.25) is 0 Å². The maximum Gasteiger partial charge on any atom is 0.338 e. The van der Waals surface area contributed by atoms with Crippen molar-refractivity contribution in [3.8, 4) is 0 Å². The molecule has 0 radical (unpaired) electrons. The van der Waals surface area contributed by atoms with Crippen molar-refractivity contribution in [1.29, 1.82) is 0 Å². The SMILES string of the molecule is Cc1cc(N)cc(C(=O)OCC2CCCCC2)c1. The van der Waals surface area contributed by atoms with E-state index in [9.17, 15) is 4.79 Å². The fourth-order valence-corrected chi connectivity index (χ4v) is 2.56. The summed E-state index contributed by atoms with van der Waals surface area (Å²) in [5.41, 5.74) is 7.88. The highest BCUT2D eigenvalue weighted by atomic mass is 16.5. The lowest BCUT2D eigenvalue weighted by molar-refractivity contribution is 0.0410. The Balaban J connectivity index is 1.90. The molecule has 18 heavy (non-hydrogen) atoms. The minimum absolute atomic E-state index is 0.254. The molecule has 1 aliphatic carbocycles. The zero-order chi connectivity index (χ0) is 13.0. The molecule has 0 unspecified atom stereocenters. The normalized spacial score (nSPS) is 16.5. The van der Waals surface area contributed by atoms with Gasteiger partial charge in [-0.05, 0) is 49.4 Å². The van der Waals surface area contributed by atoms with Gasteiger partial charge in [-0.2, -0.15) is 0 Å². The van der Waals surface area contributed by atoms with Gasteiger partial charge < -0.3 is 10.5 Å². The van der Waals surface area contributed by atoms with Crippen molar-refractivity contribution in [1.82, 2.24) is 0 Å². The van der Waals surface area contributed by atoms with Crippen LogP contribution in [0.5, 0.6) is 0 Å². The first-order chi connectivity index (χ1) is 8.65. The van der Waals surface area contributed by atoms with Crippen LogP contribution in [0.15, 0.2) is 18.2 Å². The van der Waals surface area contributed by atoms with E-state index >= 15 is 0 Å². The molecule has 1 aromatic rings. The summed E-state index contributed by atoms with van der Waals surface area (Å²) in [7, 11) is 0. The summed E-state index contributed by atoms with van der Waals surface area (Å²) in [6.07, 6.45) is 6.21. The number of hydrogen-bond donors (Lipinski definition) is 1. The zero-order valence-corrected chi connectivity index (χ0v) is 10.9. The topological polar surface area (TPSA) is 52.3 Å². The van der Waals surface area contributed by atoms with E-state index in [0.29, 0.717) is 23.8 Å². The number of ether oxygens (including phenoxy) is 1. The second-order valence-electron chi connectivity index (χ2n) is 5.23. The van der Waals surface area contributed by atoms with E-state index in [0.717, 1.165) is 5.56 Å². The first-order valence-electron chi connectivity index (χ1n) is 6.69. The lowest BCUT2D eigenvalue weighted by Crippen LogP contribution is -2.17. The van der Waals surface area contributed by atoms with Gasteiger partial charge in [-0.25, -0.2) is 4.79 Å². The fraction of sp³-hybridized carbons (Fsp3) is 0.533. The van der Waals surface area contributed by atoms with Crippen molar-refractivity contribution < 1.29 is 9.53 Å². The predicted molar refractivity (Wildman–Crippen MR) is 72.4 cm³/mol. The Labute approximate surface area is 108 Å². The summed E-state index contributed by atoms with van der Waals surface area (Å²) >= 11 is 0. The average Bonchev–Trinajstić information content (AvgIpc) is 2.36. The number of rotatable bonds is 3. The highest BCUT2D eigenvalue weighted by molar-refractivity contribution is 5.90. The molecule has 2 rings (SSSR count). The van der Waals surface area contributed by atoms with Gasteiger partial charge in [0, 0.05) is 5.69 Å². The number of carbonyl (C=O) groups excluding carboxylic acids is 1. The van der Waals surface area contributed by atoms with Crippen LogP contribution in [0.1, 0.15) is 48.0 Å². The number of nitrogen functional groups attached to an aromatic ring is 1. The summed E-state index contributed by atoms with van der Waals surface area (Å²) in [5.74, 6) is 0.292. The Bertz CT molecular complexity index is 402. The number of hydrogen-bond acceptors (Lipinski definition) is 3. The monoisotopic (exact) mass is 247 g/mol. The van der Waals surface area contributed by atoms with Crippen molar-refractivity contribution in [3.05, 3.63) is 29.3 Å². The van der Waals surface area contributed by atoms with Crippen LogP contribution < -0.4 is 5.73 Å². The van der Waals surface area contributed by atoms with E-state index in [2.05, 4.69) is 0 Å². The van der Waals surface area contributed by atoms with Crippen LogP contribution >= 0.6 is 0 Å². The number of aryl methyl sites for hydroxylation is 1. The Kier molecular flexibility index (Phi) is 4.24. The van der Waals surface area contributed by atoms with E-state index in [1.807, 2.05) is 19.1 Å². The molecule has 1 fully saturated rings. The molecular weight excluding hydrogens is 226 g/mol. The Morgan fingerprint density at radius 1 is 1.28 bits per heavy atom. The maximum absolute atomic E-state index is 11.9. The van der Waals surface area contributed by atoms with Crippen molar-refractivity contribution in [2.45, 2.75) is 39.0 Å². The smallest absolute Gasteiger partial charge is 0.338 e. The molecule has 1 aromatic carbocycles. The minimum Gasteiger partial charge on any atom is -0.462 e. The van der Waals surface area contributed by atoms with E-state index in [-0.39, 0.29) is 5.97 Å². The highest BCUT2D eigenvalue weighted by Crippen LogP contribution is 2.24. The molecule has 0 amide bonds. The second kappa shape index (κ2) is 5.89. The van der Waals surface area contributed by atoms with E-state index in [1.165, 1.54) is 32.1 Å². The second-order valence-corrected chi connectivity index (χ2v) is 5.23. The van der Waals surface area contributed by atoms with Crippen LogP contribution in [0.4, 0.5) is 5.69 Å². The zero-order valence-electron chi connectivity index (χ0n) is 10.9. The Morgan fingerprint density at radius 3 is 2.67 bits per heavy atom. The molecule has 3 heteroatoms. The number of benzene rings is 1. The third-order valence-electron chi connectivity index (χ3n) is 3.51. The van der Waals surface area contributed by atoms with Gasteiger partial charge in [0.1, 0.15) is 0 Å². The molecule has 0 saturated heterocycles. The summed E-state index contributed by atoms with van der Waals surface area (Å²) in [6, 6.07) is 5.34. The van der Waals surface area contributed by atoms with Crippen LogP contribution in [-0.2, 0) is 4.74 Å². The molecular formula is C15H21NO2. The van der Waals surface area contributed by atoms with E-state index in [4.69, 9.17) is 10.5 Å². The Hall–Kier alpha value is -1.51. The molecule has 0 atom stereocenters. The molecule has 0 bridgehead atoms. The molecule has 0 spiro atoms. The molecule has 1 saturated carbocycles. The molecule has 0 heterocycles. The molecule has 1 aliphatic rings. The number of anilines is 1. The van der Waals surface area contributed by atoms with Gasteiger partial charge >= 0.3 is 5.97 Å². The summed E-state index contributed by atoms with van der Waals surface area (Å²) in [5, 5.41) is 0. The van der Waals surface area contributed by atoms with Gasteiger partial charge in [0.2, 0.25) is 0 Å². The van der Waals surface area contributed by atoms with Gasteiger partial charge in [0.05, 0.1) is 12.2 Å². The summed E-state index contributed by atoms with van der Waals surface area (Å²) < 4.78 is 5.38. The first-order valence-corrected chi connectivity index (χ1v) is 6.69. The van der Waals surface area contributed by atoms with Gasteiger partial charge in [0.25, 0.3) is 0 Å². The van der Waals surface area contributed by atoms with Crippen molar-refractivity contribution in [2.75, 3.05) is 12.3 Å². The van der Waals surface area contributed by atoms with Crippen molar-refractivity contribution in [2.24, 2.45) is 5.92 Å². The first kappa shape index (κ1) is 12.9. The van der Waals surface area contributed by atoms with Crippen molar-refractivity contribution >= 4 is 11.7 Å². The van der Waals surface area contributed by atoms with Gasteiger partial charge in [-0.1, -0.05) is 19.3 Å². The molecule has 0 aromatic heterocycles. The summed E-state index contributed by atoms with van der Waals surface area (Å²) in [4.78, 5) is 11.9. The molecule has 0 aliphatic heterocycles. The predicted octanol–water partition coefficient (Wildman–Crippen LogP) is 3.31. The molecule has 3 nitrogen and oxygen atoms in total. The lowest BCUT2D eigenvalue weighted by atomic mass is 9.90. The fourth-order valence-electron chi connectivity index (χ4n) is 2.56. The molecule has 98 valence electrons. The molecule has 2 N–H and O–H groups in total. The van der Waals surface area contributed by atoms with Gasteiger partial charge in [-0.15, -0.1) is 0 Å². The van der Waals surface area contributed by atoms with E-state index in [1.54, 1.807) is 6.07 Å². The maximum atomic E-state index is 11.9. The standard InChI is InChI=1S/C15H21NO2/c1-11-7-13(9-14(16)8-11)15(17)18-10-12-5-3-2-4-6-12/h7-9,12H,2-6,10,16H2,1H3. The van der Waals surface area contributed by atoms with Gasteiger partial charge in [-0.3, -0.25) is 0 Å². The third kappa shape index (κ3) is 3.49. The van der Waals surface area contributed by atoms with Gasteiger partial charge in [0.15, 0.2) is 0 Å². The average molecular weight is 247 g/mol. The quantitative estimate of drug-likeness (QED) is 0.658. The lowest BCUT2D eigenvalue weighted by Gasteiger charge is -2.21. The largest absolute Gasteiger partial charge is 0.462 e.